The predicted molar refractivity (Wildman–Crippen MR) is 166 cm³/mol. The molecule has 1 heterocycles. The van der Waals surface area contributed by atoms with E-state index in [1.165, 1.54) is 0 Å². The highest BCUT2D eigenvalue weighted by Gasteiger charge is 2.18. The molecule has 5 aromatic carbocycles. The van der Waals surface area contributed by atoms with E-state index in [1.54, 1.807) is 13.3 Å². The van der Waals surface area contributed by atoms with E-state index in [-0.39, 0.29) is 0 Å². The van der Waals surface area contributed by atoms with Crippen LogP contribution in [0.15, 0.2) is 146 Å². The van der Waals surface area contributed by atoms with Gasteiger partial charge in [-0.05, 0) is 12.1 Å². The van der Waals surface area contributed by atoms with Crippen molar-refractivity contribution in [3.05, 3.63) is 146 Å². The Bertz CT molecular complexity index is 1540. The fourth-order valence-electron chi connectivity index (χ4n) is 3.90. The molecule has 0 aliphatic heterocycles. The average Bonchev–Trinajstić information content (AvgIpc) is 3.05. The number of benzene rings is 5. The molecule has 0 saturated heterocycles. The van der Waals surface area contributed by atoms with Crippen LogP contribution >= 0.6 is 16.3 Å². The van der Waals surface area contributed by atoms with Crippen molar-refractivity contribution in [2.24, 2.45) is 0 Å². The summed E-state index contributed by atoms with van der Waals surface area (Å²) in [7, 11) is -0.802. The minimum atomic E-state index is -1.42. The van der Waals surface area contributed by atoms with Gasteiger partial charge in [0.2, 0.25) is 5.88 Å². The van der Waals surface area contributed by atoms with Crippen LogP contribution in [0.25, 0.3) is 11.0 Å². The highest BCUT2D eigenvalue weighted by atomic mass is 31.1. The van der Waals surface area contributed by atoms with Gasteiger partial charge in [-0.25, -0.2) is 14.9 Å². The number of aromatic nitrogens is 2. The van der Waals surface area contributed by atoms with Crippen molar-refractivity contribution in [2.45, 2.75) is 0 Å². The molecule has 0 unspecified atom stereocenters. The Balaban J connectivity index is 0.000000194. The quantitative estimate of drug-likeness (QED) is 0.208. The van der Waals surface area contributed by atoms with Crippen LogP contribution in [0.4, 0.5) is 0 Å². The van der Waals surface area contributed by atoms with E-state index < -0.39 is 16.3 Å². The van der Waals surface area contributed by atoms with Crippen LogP contribution in [0.1, 0.15) is 0 Å². The Morgan fingerprint density at radius 3 is 1.52 bits per heavy atom. The third kappa shape index (κ3) is 7.08. The molecule has 0 spiro atoms. The maximum absolute atomic E-state index is 12.0. The Hall–Kier alpha value is -4.14. The van der Waals surface area contributed by atoms with E-state index in [0.717, 1.165) is 38.0 Å². The van der Waals surface area contributed by atoms with Crippen LogP contribution in [0.3, 0.4) is 0 Å². The lowest BCUT2D eigenvalue weighted by atomic mass is 10.3. The number of rotatable bonds is 7. The maximum Gasteiger partial charge on any atom is 0.236 e. The van der Waals surface area contributed by atoms with Crippen molar-refractivity contribution in [1.82, 2.24) is 9.97 Å². The van der Waals surface area contributed by atoms with Gasteiger partial charge in [-0.3, -0.25) is 0 Å². The zero-order chi connectivity index (χ0) is 27.6. The summed E-state index contributed by atoms with van der Waals surface area (Å²) >= 11 is 0. The molecule has 6 rings (SSSR count). The first kappa shape index (κ1) is 27.4. The fourth-order valence-corrected chi connectivity index (χ4v) is 6.75. The number of ether oxygens (including phenoxy) is 1. The smallest absolute Gasteiger partial charge is 0.236 e. The summed E-state index contributed by atoms with van der Waals surface area (Å²) in [5.74, 6) is 1.28. The summed E-state index contributed by atoms with van der Waals surface area (Å²) in [6.45, 7) is 0. The van der Waals surface area contributed by atoms with Gasteiger partial charge in [0.25, 0.3) is 0 Å². The van der Waals surface area contributed by atoms with E-state index in [9.17, 15) is 4.89 Å². The molecule has 0 aliphatic rings. The zero-order valence-corrected chi connectivity index (χ0v) is 23.7. The second-order valence-electron chi connectivity index (χ2n) is 8.59. The molecule has 1 radical (unpaired) electrons. The molecule has 40 heavy (non-hydrogen) atoms. The molecule has 6 aromatic rings. The maximum atomic E-state index is 12.0. The summed E-state index contributed by atoms with van der Waals surface area (Å²) in [5.41, 5.74) is 1.56. The monoisotopic (exact) mass is 561 g/mol. The normalized spacial score (nSPS) is 10.7. The summed E-state index contributed by atoms with van der Waals surface area (Å²) < 4.78 is 11.5. The third-order valence-electron chi connectivity index (χ3n) is 5.87. The lowest BCUT2D eigenvalue weighted by molar-refractivity contribution is 0.415. The fraction of sp³-hybridized carbons (Fsp3) is 0.0303. The Morgan fingerprint density at radius 2 is 1.05 bits per heavy atom. The van der Waals surface area contributed by atoms with Crippen LogP contribution < -0.4 is 30.5 Å². The zero-order valence-electron chi connectivity index (χ0n) is 21.9. The summed E-state index contributed by atoms with van der Waals surface area (Å²) in [6.07, 6.45) is 1.67. The Morgan fingerprint density at radius 1 is 0.575 bits per heavy atom. The van der Waals surface area contributed by atoms with Gasteiger partial charge in [-0.1, -0.05) is 121 Å². The van der Waals surface area contributed by atoms with Crippen molar-refractivity contribution < 1.29 is 14.2 Å². The summed E-state index contributed by atoms with van der Waals surface area (Å²) in [4.78, 5) is 21.1. The highest BCUT2D eigenvalue weighted by molar-refractivity contribution is 7.69. The Kier molecular flexibility index (Phi) is 9.45. The van der Waals surface area contributed by atoms with Crippen LogP contribution in [0.5, 0.6) is 11.6 Å². The van der Waals surface area contributed by atoms with E-state index in [4.69, 9.17) is 9.26 Å². The molecule has 0 bridgehead atoms. The molecule has 0 amide bonds. The Labute approximate surface area is 236 Å². The molecule has 7 heteroatoms. The van der Waals surface area contributed by atoms with Crippen molar-refractivity contribution in [2.75, 3.05) is 7.11 Å². The van der Waals surface area contributed by atoms with E-state index in [1.807, 2.05) is 115 Å². The number of fused-ring (bicyclic) bond motifs is 1. The van der Waals surface area contributed by atoms with Crippen molar-refractivity contribution >= 4 is 48.5 Å². The van der Waals surface area contributed by atoms with Gasteiger partial charge in [0.15, 0.2) is 8.15 Å². The van der Waals surface area contributed by atoms with Gasteiger partial charge in [0.1, 0.15) is 13.9 Å². The molecular formula is C33H27N2O3P2. The van der Waals surface area contributed by atoms with Crippen LogP contribution in [0.2, 0.25) is 0 Å². The summed E-state index contributed by atoms with van der Waals surface area (Å²) in [6, 6.07) is 45.1. The van der Waals surface area contributed by atoms with Crippen molar-refractivity contribution in [3.63, 3.8) is 0 Å². The van der Waals surface area contributed by atoms with Gasteiger partial charge < -0.3 is 9.26 Å². The van der Waals surface area contributed by atoms with Crippen LogP contribution in [0, 0.1) is 0 Å². The lowest BCUT2D eigenvalue weighted by Gasteiger charge is -2.18. The molecule has 0 aliphatic carbocycles. The number of methoxy groups -OCH3 is 1. The third-order valence-corrected chi connectivity index (χ3v) is 9.31. The van der Waals surface area contributed by atoms with Gasteiger partial charge in [-0.15, -0.1) is 0 Å². The first-order valence-corrected chi connectivity index (χ1v) is 15.2. The molecular weight excluding hydrogens is 534 g/mol. The molecule has 1 aromatic heterocycles. The number of hydrogen-bond donors (Lipinski definition) is 0. The first-order valence-electron chi connectivity index (χ1n) is 12.7. The van der Waals surface area contributed by atoms with E-state index >= 15 is 0 Å². The largest absolute Gasteiger partial charge is 0.497 e. The molecule has 0 atom stereocenters. The standard InChI is InChI=1S/C21H17N2O2P.C12H10OP/c1-24-16-12-13-19-20(14-16)22-15-21(23-19)25-26(17-8-4-2-5-9-17)18-10-6-3-7-11-18;13-14(11-7-3-1-4-8-11)12-9-5-2-6-10-12/h2-15H,1H3;1-10H. The molecule has 5 nitrogen and oxygen atoms in total. The number of hydrogen-bond acceptors (Lipinski definition) is 4. The van der Waals surface area contributed by atoms with Crippen molar-refractivity contribution in [3.8, 4) is 11.6 Å². The predicted octanol–water partition coefficient (Wildman–Crippen LogP) is 6.53. The van der Waals surface area contributed by atoms with Gasteiger partial charge in [0, 0.05) is 27.3 Å². The SMILES string of the molecule is COc1ccc2nc(OP(c3ccccc3)c3ccccc3)cnc2c1.[O]P(c1ccccc1)c1ccccc1. The lowest BCUT2D eigenvalue weighted by Crippen LogP contribution is -2.15. The molecule has 197 valence electrons. The average molecular weight is 562 g/mol. The highest BCUT2D eigenvalue weighted by Crippen LogP contribution is 2.36. The van der Waals surface area contributed by atoms with Crippen LogP contribution in [-0.2, 0) is 4.89 Å². The summed E-state index contributed by atoms with van der Waals surface area (Å²) in [5, 5.41) is 4.03. The first-order chi connectivity index (χ1) is 19.7. The second-order valence-corrected chi connectivity index (χ2v) is 12.0. The van der Waals surface area contributed by atoms with E-state index in [0.29, 0.717) is 5.88 Å². The second kappa shape index (κ2) is 13.8. The van der Waals surface area contributed by atoms with Crippen molar-refractivity contribution in [1.29, 1.82) is 0 Å². The molecule has 0 N–H and O–H groups in total. The van der Waals surface area contributed by atoms with Crippen LogP contribution in [-0.4, -0.2) is 17.1 Å². The number of nitrogens with zero attached hydrogens (tertiary/aromatic N) is 2. The molecule has 0 saturated carbocycles. The minimum absolute atomic E-state index is 0.515. The topological polar surface area (TPSA) is 64.1 Å². The molecule has 0 fully saturated rings. The van der Waals surface area contributed by atoms with E-state index in [2.05, 4.69) is 34.2 Å². The van der Waals surface area contributed by atoms with Gasteiger partial charge >= 0.3 is 0 Å². The van der Waals surface area contributed by atoms with Gasteiger partial charge in [0.05, 0.1) is 24.3 Å². The van der Waals surface area contributed by atoms with Gasteiger partial charge in [-0.2, -0.15) is 0 Å². The minimum Gasteiger partial charge on any atom is -0.497 e.